The van der Waals surface area contributed by atoms with E-state index in [1.165, 1.54) is 0 Å². The lowest BCUT2D eigenvalue weighted by molar-refractivity contribution is 0.579. The monoisotopic (exact) mass is 181 g/mol. The minimum atomic E-state index is -0.160. The molecule has 1 aromatic heterocycles. The molecule has 0 bridgehead atoms. The van der Waals surface area contributed by atoms with E-state index >= 15 is 0 Å². The lowest BCUT2D eigenvalue weighted by Crippen LogP contribution is -2.33. The van der Waals surface area contributed by atoms with Gasteiger partial charge in [0.2, 0.25) is 0 Å². The number of hydrazine groups is 1. The van der Waals surface area contributed by atoms with Gasteiger partial charge in [0, 0.05) is 6.20 Å². The Morgan fingerprint density at radius 1 is 1.62 bits per heavy atom. The van der Waals surface area contributed by atoms with Gasteiger partial charge in [0.15, 0.2) is 5.84 Å². The highest BCUT2D eigenvalue weighted by molar-refractivity contribution is 5.96. The van der Waals surface area contributed by atoms with Crippen LogP contribution < -0.4 is 11.3 Å². The maximum atomic E-state index is 5.34. The molecule has 1 heterocycles. The molecule has 0 aliphatic rings. The molecule has 13 heavy (non-hydrogen) atoms. The molecule has 0 radical (unpaired) electrons. The Bertz CT molecular complexity index is 280. The highest BCUT2D eigenvalue weighted by atomic mass is 15.3. The SMILES string of the molecule is CC(C)(C)N=C(NN)c1ccn[nH]1. The summed E-state index contributed by atoms with van der Waals surface area (Å²) in [6, 6.07) is 1.81. The van der Waals surface area contributed by atoms with Crippen LogP contribution in [0.5, 0.6) is 0 Å². The molecule has 0 aliphatic heterocycles. The number of nitrogens with zero attached hydrogens (tertiary/aromatic N) is 2. The van der Waals surface area contributed by atoms with Crippen LogP contribution in [0.15, 0.2) is 17.3 Å². The van der Waals surface area contributed by atoms with Crippen molar-refractivity contribution in [1.29, 1.82) is 0 Å². The molecule has 1 rings (SSSR count). The van der Waals surface area contributed by atoms with Gasteiger partial charge in [-0.3, -0.25) is 10.1 Å². The molecule has 0 saturated carbocycles. The molecule has 0 saturated heterocycles. The third kappa shape index (κ3) is 2.87. The summed E-state index contributed by atoms with van der Waals surface area (Å²) >= 11 is 0. The van der Waals surface area contributed by atoms with Crippen molar-refractivity contribution in [3.8, 4) is 0 Å². The van der Waals surface area contributed by atoms with Crippen molar-refractivity contribution >= 4 is 5.84 Å². The van der Waals surface area contributed by atoms with Crippen molar-refractivity contribution in [2.75, 3.05) is 0 Å². The second kappa shape index (κ2) is 3.57. The molecule has 1 aromatic rings. The molecule has 0 aliphatic carbocycles. The van der Waals surface area contributed by atoms with Crippen LogP contribution in [-0.4, -0.2) is 21.6 Å². The summed E-state index contributed by atoms with van der Waals surface area (Å²) in [5.41, 5.74) is 3.17. The molecular formula is C8H15N5. The smallest absolute Gasteiger partial charge is 0.161 e. The first kappa shape index (κ1) is 9.73. The highest BCUT2D eigenvalue weighted by Crippen LogP contribution is 2.07. The fraction of sp³-hybridized carbons (Fsp3) is 0.500. The zero-order chi connectivity index (χ0) is 9.90. The van der Waals surface area contributed by atoms with Crippen molar-refractivity contribution < 1.29 is 0 Å². The van der Waals surface area contributed by atoms with E-state index in [4.69, 9.17) is 5.84 Å². The van der Waals surface area contributed by atoms with Gasteiger partial charge in [0.25, 0.3) is 0 Å². The normalized spacial score (nSPS) is 13.1. The number of hydrogen-bond donors (Lipinski definition) is 3. The lowest BCUT2D eigenvalue weighted by Gasteiger charge is -2.14. The summed E-state index contributed by atoms with van der Waals surface area (Å²) in [6.45, 7) is 6.00. The first-order chi connectivity index (χ1) is 6.03. The van der Waals surface area contributed by atoms with E-state index in [1.54, 1.807) is 6.20 Å². The number of nitrogens with two attached hydrogens (primary N) is 1. The highest BCUT2D eigenvalue weighted by Gasteiger charge is 2.11. The van der Waals surface area contributed by atoms with Crippen LogP contribution in [0.2, 0.25) is 0 Å². The maximum absolute atomic E-state index is 5.34. The molecule has 0 amide bonds. The summed E-state index contributed by atoms with van der Waals surface area (Å²) in [6.07, 6.45) is 1.66. The van der Waals surface area contributed by atoms with Gasteiger partial charge < -0.3 is 5.43 Å². The summed E-state index contributed by atoms with van der Waals surface area (Å²) in [4.78, 5) is 4.38. The second-order valence-electron chi connectivity index (χ2n) is 3.75. The number of aromatic nitrogens is 2. The maximum Gasteiger partial charge on any atom is 0.161 e. The average Bonchev–Trinajstić information content (AvgIpc) is 2.50. The Hall–Kier alpha value is -1.36. The zero-order valence-corrected chi connectivity index (χ0v) is 8.13. The van der Waals surface area contributed by atoms with Crippen LogP contribution in [-0.2, 0) is 0 Å². The zero-order valence-electron chi connectivity index (χ0n) is 8.13. The lowest BCUT2D eigenvalue weighted by atomic mass is 10.1. The Morgan fingerprint density at radius 2 is 2.31 bits per heavy atom. The predicted molar refractivity (Wildman–Crippen MR) is 52.2 cm³/mol. The van der Waals surface area contributed by atoms with Crippen LogP contribution in [0.4, 0.5) is 0 Å². The number of hydrogen-bond acceptors (Lipinski definition) is 3. The van der Waals surface area contributed by atoms with Crippen LogP contribution in [0.25, 0.3) is 0 Å². The minimum Gasteiger partial charge on any atom is -0.307 e. The predicted octanol–water partition coefficient (Wildman–Crippen LogP) is 0.418. The Morgan fingerprint density at radius 3 is 2.69 bits per heavy atom. The average molecular weight is 181 g/mol. The molecule has 0 aromatic carbocycles. The molecule has 0 fully saturated rings. The third-order valence-electron chi connectivity index (χ3n) is 1.34. The first-order valence-electron chi connectivity index (χ1n) is 4.09. The van der Waals surface area contributed by atoms with Crippen molar-refractivity contribution in [3.05, 3.63) is 18.0 Å². The fourth-order valence-corrected chi connectivity index (χ4v) is 0.893. The van der Waals surface area contributed by atoms with E-state index in [-0.39, 0.29) is 5.54 Å². The van der Waals surface area contributed by atoms with Gasteiger partial charge in [0.1, 0.15) is 5.69 Å². The van der Waals surface area contributed by atoms with Gasteiger partial charge in [-0.1, -0.05) is 0 Å². The van der Waals surface area contributed by atoms with E-state index < -0.39 is 0 Å². The molecule has 5 heteroatoms. The van der Waals surface area contributed by atoms with Gasteiger partial charge in [-0.05, 0) is 26.8 Å². The van der Waals surface area contributed by atoms with E-state index in [0.29, 0.717) is 5.84 Å². The number of nitrogens with one attached hydrogen (secondary N) is 2. The summed E-state index contributed by atoms with van der Waals surface area (Å²) < 4.78 is 0. The molecule has 5 nitrogen and oxygen atoms in total. The number of amidine groups is 1. The van der Waals surface area contributed by atoms with Gasteiger partial charge in [0.05, 0.1) is 5.54 Å². The van der Waals surface area contributed by atoms with Crippen LogP contribution in [0.1, 0.15) is 26.5 Å². The quantitative estimate of drug-likeness (QED) is 0.254. The largest absolute Gasteiger partial charge is 0.307 e. The number of aromatic amines is 1. The van der Waals surface area contributed by atoms with Gasteiger partial charge >= 0.3 is 0 Å². The van der Waals surface area contributed by atoms with Gasteiger partial charge in [-0.25, -0.2) is 5.84 Å². The van der Waals surface area contributed by atoms with Crippen LogP contribution in [0.3, 0.4) is 0 Å². The third-order valence-corrected chi connectivity index (χ3v) is 1.34. The Labute approximate surface area is 77.4 Å². The van der Waals surface area contributed by atoms with Crippen molar-refractivity contribution in [1.82, 2.24) is 15.6 Å². The summed E-state index contributed by atoms with van der Waals surface area (Å²) in [5, 5.41) is 6.61. The van der Waals surface area contributed by atoms with Crippen LogP contribution >= 0.6 is 0 Å². The molecule has 0 unspecified atom stereocenters. The van der Waals surface area contributed by atoms with Crippen molar-refractivity contribution in [3.63, 3.8) is 0 Å². The minimum absolute atomic E-state index is 0.160. The summed E-state index contributed by atoms with van der Waals surface area (Å²) in [7, 11) is 0. The van der Waals surface area contributed by atoms with Crippen molar-refractivity contribution in [2.24, 2.45) is 10.8 Å². The molecule has 0 atom stereocenters. The van der Waals surface area contributed by atoms with Gasteiger partial charge in [-0.2, -0.15) is 5.10 Å². The van der Waals surface area contributed by atoms with Crippen molar-refractivity contribution in [2.45, 2.75) is 26.3 Å². The Kier molecular flexibility index (Phi) is 2.67. The van der Waals surface area contributed by atoms with Crippen LogP contribution in [0, 0.1) is 0 Å². The van der Waals surface area contributed by atoms with Gasteiger partial charge in [-0.15, -0.1) is 0 Å². The topological polar surface area (TPSA) is 79.1 Å². The molecule has 4 N–H and O–H groups in total. The number of rotatable bonds is 1. The van der Waals surface area contributed by atoms with E-state index in [2.05, 4.69) is 20.6 Å². The molecule has 0 spiro atoms. The molecular weight excluding hydrogens is 166 g/mol. The van der Waals surface area contributed by atoms with E-state index in [0.717, 1.165) is 5.69 Å². The van der Waals surface area contributed by atoms with E-state index in [1.807, 2.05) is 26.8 Å². The number of aliphatic imine (C=N–C) groups is 1. The number of H-pyrrole nitrogens is 1. The standard InChI is InChI=1S/C8H15N5/c1-8(2,3)11-7(12-9)6-4-5-10-13-6/h4-5H,9H2,1-3H3,(H,10,13)(H,11,12). The second-order valence-corrected chi connectivity index (χ2v) is 3.75. The summed E-state index contributed by atoms with van der Waals surface area (Å²) in [5.74, 6) is 5.96. The molecule has 72 valence electrons. The Balaban J connectivity index is 2.93. The first-order valence-corrected chi connectivity index (χ1v) is 4.09. The fourth-order valence-electron chi connectivity index (χ4n) is 0.893. The van der Waals surface area contributed by atoms with E-state index in [9.17, 15) is 0 Å².